The number of rotatable bonds is 5. The van der Waals surface area contributed by atoms with Gasteiger partial charge in [-0.1, -0.05) is 79.2 Å². The lowest BCUT2D eigenvalue weighted by Gasteiger charge is -2.23. The number of aryl methyl sites for hydroxylation is 2. The molecular formula is C29H27ClN2O. The van der Waals surface area contributed by atoms with Gasteiger partial charge in [0.1, 0.15) is 5.75 Å². The normalized spacial score (nSPS) is 14.7. The summed E-state index contributed by atoms with van der Waals surface area (Å²) in [6.45, 7) is 4.30. The summed E-state index contributed by atoms with van der Waals surface area (Å²) in [5.41, 5.74) is 9.11. The fraction of sp³-hybridized carbons (Fsp3) is 0.172. The van der Waals surface area contributed by atoms with E-state index >= 15 is 0 Å². The van der Waals surface area contributed by atoms with Crippen LogP contribution in [0.1, 0.15) is 18.1 Å². The van der Waals surface area contributed by atoms with Crippen molar-refractivity contribution in [2.75, 3.05) is 17.3 Å². The Bertz CT molecular complexity index is 1290. The van der Waals surface area contributed by atoms with Crippen molar-refractivity contribution in [2.24, 2.45) is 0 Å². The van der Waals surface area contributed by atoms with Crippen LogP contribution in [0, 0.1) is 6.92 Å². The van der Waals surface area contributed by atoms with E-state index in [2.05, 4.69) is 90.8 Å². The fourth-order valence-electron chi connectivity index (χ4n) is 4.36. The third-order valence-electron chi connectivity index (χ3n) is 6.35. The van der Waals surface area contributed by atoms with E-state index in [0.717, 1.165) is 34.7 Å². The van der Waals surface area contributed by atoms with Crippen LogP contribution in [0.5, 0.6) is 5.75 Å². The summed E-state index contributed by atoms with van der Waals surface area (Å²) >= 11 is 6.71. The molecule has 0 saturated carbocycles. The van der Waals surface area contributed by atoms with Crippen molar-refractivity contribution in [1.82, 2.24) is 0 Å². The van der Waals surface area contributed by atoms with E-state index < -0.39 is 0 Å². The van der Waals surface area contributed by atoms with Crippen LogP contribution in [0.2, 0.25) is 5.02 Å². The van der Waals surface area contributed by atoms with Crippen molar-refractivity contribution in [2.45, 2.75) is 26.6 Å². The molecule has 0 aromatic heterocycles. The molecule has 1 N–H and O–H groups in total. The molecule has 1 aliphatic heterocycles. The maximum absolute atomic E-state index is 6.71. The second kappa shape index (κ2) is 8.84. The maximum Gasteiger partial charge on any atom is 0.250 e. The van der Waals surface area contributed by atoms with Gasteiger partial charge < -0.3 is 15.0 Å². The zero-order valence-corrected chi connectivity index (χ0v) is 19.9. The minimum absolute atomic E-state index is 0.292. The minimum Gasteiger partial charge on any atom is -0.452 e. The van der Waals surface area contributed by atoms with Crippen molar-refractivity contribution in [3.8, 4) is 28.0 Å². The number of anilines is 2. The Labute approximate surface area is 200 Å². The highest BCUT2D eigenvalue weighted by atomic mass is 35.5. The Hall–Kier alpha value is -3.43. The second-order valence-corrected chi connectivity index (χ2v) is 8.87. The molecule has 0 amide bonds. The van der Waals surface area contributed by atoms with Crippen molar-refractivity contribution >= 4 is 23.0 Å². The summed E-state index contributed by atoms with van der Waals surface area (Å²) < 4.78 is 6.29. The highest BCUT2D eigenvalue weighted by molar-refractivity contribution is 6.34. The molecule has 0 bridgehead atoms. The largest absolute Gasteiger partial charge is 0.452 e. The van der Waals surface area contributed by atoms with E-state index in [1.807, 2.05) is 25.2 Å². The first kappa shape index (κ1) is 21.4. The van der Waals surface area contributed by atoms with Gasteiger partial charge in [0.05, 0.1) is 16.4 Å². The van der Waals surface area contributed by atoms with Crippen LogP contribution in [0.4, 0.5) is 11.4 Å². The summed E-state index contributed by atoms with van der Waals surface area (Å²) in [7, 11) is 2.04. The van der Waals surface area contributed by atoms with Crippen LogP contribution >= 0.6 is 11.6 Å². The average molecular weight is 455 g/mol. The molecule has 0 saturated heterocycles. The SMILES string of the molecule is CCc1cc(OC2Nc3cc(Cl)c(-c4ccc(-c5ccccc5)cc4)cc3N2C)ccc1C. The molecule has 0 aliphatic carbocycles. The van der Waals surface area contributed by atoms with Gasteiger partial charge in [0.2, 0.25) is 0 Å². The molecule has 1 heterocycles. The van der Waals surface area contributed by atoms with E-state index in [0.29, 0.717) is 5.02 Å². The van der Waals surface area contributed by atoms with Gasteiger partial charge in [-0.3, -0.25) is 0 Å². The smallest absolute Gasteiger partial charge is 0.250 e. The van der Waals surface area contributed by atoms with Gasteiger partial charge in [0.25, 0.3) is 6.35 Å². The van der Waals surface area contributed by atoms with E-state index in [1.54, 1.807) is 0 Å². The van der Waals surface area contributed by atoms with Gasteiger partial charge in [-0.25, -0.2) is 0 Å². The van der Waals surface area contributed by atoms with Crippen LogP contribution in [0.25, 0.3) is 22.3 Å². The number of fused-ring (bicyclic) bond motifs is 1. The number of hydrogen-bond donors (Lipinski definition) is 1. The molecule has 5 rings (SSSR count). The van der Waals surface area contributed by atoms with Gasteiger partial charge in [-0.2, -0.15) is 0 Å². The van der Waals surface area contributed by atoms with Crippen LogP contribution in [0.3, 0.4) is 0 Å². The predicted molar refractivity (Wildman–Crippen MR) is 139 cm³/mol. The zero-order chi connectivity index (χ0) is 22.9. The van der Waals surface area contributed by atoms with E-state index in [9.17, 15) is 0 Å². The molecule has 3 nitrogen and oxygen atoms in total. The lowest BCUT2D eigenvalue weighted by Crippen LogP contribution is -2.37. The van der Waals surface area contributed by atoms with Gasteiger partial charge in [0.15, 0.2) is 0 Å². The summed E-state index contributed by atoms with van der Waals surface area (Å²) in [5.74, 6) is 0.859. The first-order valence-electron chi connectivity index (χ1n) is 11.3. The van der Waals surface area contributed by atoms with Gasteiger partial charge in [-0.15, -0.1) is 0 Å². The Morgan fingerprint density at radius 1 is 0.879 bits per heavy atom. The fourth-order valence-corrected chi connectivity index (χ4v) is 4.63. The molecule has 4 aromatic rings. The molecule has 33 heavy (non-hydrogen) atoms. The lowest BCUT2D eigenvalue weighted by atomic mass is 9.99. The quantitative estimate of drug-likeness (QED) is 0.333. The number of benzene rings is 4. The molecule has 0 radical (unpaired) electrons. The molecule has 4 aromatic carbocycles. The number of nitrogens with one attached hydrogen (secondary N) is 1. The second-order valence-electron chi connectivity index (χ2n) is 8.46. The van der Waals surface area contributed by atoms with Gasteiger partial charge >= 0.3 is 0 Å². The highest BCUT2D eigenvalue weighted by Crippen LogP contribution is 2.42. The molecule has 4 heteroatoms. The molecule has 1 unspecified atom stereocenters. The number of ether oxygens (including phenoxy) is 1. The zero-order valence-electron chi connectivity index (χ0n) is 19.1. The number of halogens is 1. The number of hydrogen-bond acceptors (Lipinski definition) is 3. The Morgan fingerprint density at radius 3 is 2.30 bits per heavy atom. The van der Waals surface area contributed by atoms with E-state index in [-0.39, 0.29) is 6.35 Å². The highest BCUT2D eigenvalue weighted by Gasteiger charge is 2.28. The number of nitrogens with zero attached hydrogens (tertiary/aromatic N) is 1. The third kappa shape index (κ3) is 4.17. The molecular weight excluding hydrogens is 428 g/mol. The first-order chi connectivity index (χ1) is 16.0. The van der Waals surface area contributed by atoms with E-state index in [4.69, 9.17) is 16.3 Å². The Kier molecular flexibility index (Phi) is 5.74. The van der Waals surface area contributed by atoms with Crippen LogP contribution in [-0.2, 0) is 6.42 Å². The van der Waals surface area contributed by atoms with Crippen molar-refractivity contribution < 1.29 is 4.74 Å². The molecule has 1 aliphatic rings. The maximum atomic E-state index is 6.71. The van der Waals surface area contributed by atoms with Gasteiger partial charge in [0, 0.05) is 12.6 Å². The molecule has 0 fully saturated rings. The predicted octanol–water partition coefficient (Wildman–Crippen LogP) is 7.77. The third-order valence-corrected chi connectivity index (χ3v) is 6.66. The topological polar surface area (TPSA) is 24.5 Å². The summed E-state index contributed by atoms with van der Waals surface area (Å²) in [5, 5.41) is 4.17. The van der Waals surface area contributed by atoms with Crippen molar-refractivity contribution in [3.63, 3.8) is 0 Å². The van der Waals surface area contributed by atoms with Crippen molar-refractivity contribution in [3.05, 3.63) is 101 Å². The molecule has 1 atom stereocenters. The monoisotopic (exact) mass is 454 g/mol. The Balaban J connectivity index is 1.40. The van der Waals surface area contributed by atoms with Crippen LogP contribution in [0.15, 0.2) is 84.9 Å². The summed E-state index contributed by atoms with van der Waals surface area (Å²) in [4.78, 5) is 2.11. The van der Waals surface area contributed by atoms with Crippen LogP contribution < -0.4 is 15.0 Å². The molecule has 166 valence electrons. The van der Waals surface area contributed by atoms with Crippen molar-refractivity contribution in [1.29, 1.82) is 0 Å². The van der Waals surface area contributed by atoms with E-state index in [1.165, 1.54) is 22.3 Å². The van der Waals surface area contributed by atoms with Gasteiger partial charge in [-0.05, 0) is 65.4 Å². The first-order valence-corrected chi connectivity index (χ1v) is 11.7. The average Bonchev–Trinajstić information content (AvgIpc) is 3.14. The molecule has 0 spiro atoms. The van der Waals surface area contributed by atoms with Crippen LogP contribution in [-0.4, -0.2) is 13.4 Å². The Morgan fingerprint density at radius 2 is 1.58 bits per heavy atom. The summed E-state index contributed by atoms with van der Waals surface area (Å²) in [6.07, 6.45) is 0.693. The summed E-state index contributed by atoms with van der Waals surface area (Å²) in [6, 6.07) is 29.3. The lowest BCUT2D eigenvalue weighted by molar-refractivity contribution is 0.236. The minimum atomic E-state index is -0.292. The standard InChI is InChI=1S/C29H27ClN2O/c1-4-20-16-24(15-10-19(20)2)33-29-31-27-18-26(30)25(17-28(27)32(29)3)23-13-11-22(12-14-23)21-8-6-5-7-9-21/h5-18,29,31H,4H2,1-3H3.